The second kappa shape index (κ2) is 8.04. The van der Waals surface area contributed by atoms with Crippen molar-refractivity contribution in [2.24, 2.45) is 5.41 Å². The third kappa shape index (κ3) is 4.01. The van der Waals surface area contributed by atoms with Gasteiger partial charge in [0.25, 0.3) is 0 Å². The van der Waals surface area contributed by atoms with Crippen molar-refractivity contribution in [1.29, 1.82) is 0 Å². The predicted octanol–water partition coefficient (Wildman–Crippen LogP) is 5.33. The van der Waals surface area contributed by atoms with E-state index < -0.39 is 12.2 Å². The molecule has 2 aromatic rings. The Morgan fingerprint density at radius 3 is 2.43 bits per heavy atom. The van der Waals surface area contributed by atoms with Gasteiger partial charge in [0.2, 0.25) is 0 Å². The summed E-state index contributed by atoms with van der Waals surface area (Å²) < 4.78 is 18.9. The number of benzene rings is 2. The van der Waals surface area contributed by atoms with Crippen LogP contribution in [0, 0.1) is 11.2 Å². The van der Waals surface area contributed by atoms with Gasteiger partial charge in [0, 0.05) is 11.8 Å². The number of ether oxygens (including phenoxy) is 1. The van der Waals surface area contributed by atoms with Crippen LogP contribution < -0.4 is 0 Å². The van der Waals surface area contributed by atoms with Crippen LogP contribution in [0.5, 0.6) is 0 Å². The highest BCUT2D eigenvalue weighted by atomic mass is 19.1. The molecule has 2 aromatic carbocycles. The molecular weight excluding hydrogens is 379 g/mol. The Bertz CT molecular complexity index is 1030. The number of carbonyl (C=O) groups is 1. The maximum atomic E-state index is 13.5. The van der Waals surface area contributed by atoms with Crippen LogP contribution in [-0.4, -0.2) is 23.3 Å². The number of rotatable bonds is 4. The van der Waals surface area contributed by atoms with Gasteiger partial charge >= 0.3 is 5.97 Å². The van der Waals surface area contributed by atoms with E-state index in [1.54, 1.807) is 12.1 Å². The summed E-state index contributed by atoms with van der Waals surface area (Å²) in [5, 5.41) is 9.90. The molecule has 1 heterocycles. The molecule has 0 spiro atoms. The topological polar surface area (TPSA) is 46.5 Å². The lowest BCUT2D eigenvalue weighted by Crippen LogP contribution is -2.31. The van der Waals surface area contributed by atoms with Gasteiger partial charge in [-0.25, -0.2) is 4.39 Å². The molecule has 2 atom stereocenters. The minimum absolute atomic E-state index is 0.0407. The van der Waals surface area contributed by atoms with Crippen molar-refractivity contribution in [3.8, 4) is 0 Å². The first-order chi connectivity index (χ1) is 14.3. The van der Waals surface area contributed by atoms with Crippen LogP contribution in [0.25, 0.3) is 11.1 Å². The fraction of sp³-hybridized carbons (Fsp3) is 0.269. The molecule has 1 N–H and O–H groups in total. The molecule has 4 rings (SSSR count). The summed E-state index contributed by atoms with van der Waals surface area (Å²) in [4.78, 5) is 11.7. The first-order valence-electron chi connectivity index (χ1n) is 10.2. The minimum Gasteiger partial charge on any atom is -0.458 e. The van der Waals surface area contributed by atoms with Crippen LogP contribution >= 0.6 is 0 Å². The predicted molar refractivity (Wildman–Crippen MR) is 116 cm³/mol. The standard InChI is InChI=1S/C26H25FO3/c1-26(2)23(13-12-21-14-20(28)15-25(29)30-21)22(17-8-10-19(27)11-9-17)16-24(26)18-6-4-3-5-7-18/h3-13,16,20-21,28H,14-15H2,1-2H3. The first-order valence-corrected chi connectivity index (χ1v) is 10.2. The van der Waals surface area contributed by atoms with Gasteiger partial charge in [0.15, 0.2) is 0 Å². The summed E-state index contributed by atoms with van der Waals surface area (Å²) in [7, 11) is 0. The molecule has 0 saturated carbocycles. The molecule has 154 valence electrons. The minimum atomic E-state index is -0.680. The van der Waals surface area contributed by atoms with Crippen LogP contribution in [0.1, 0.15) is 37.8 Å². The van der Waals surface area contributed by atoms with E-state index in [0.717, 1.165) is 22.3 Å². The number of aliphatic hydroxyl groups is 1. The van der Waals surface area contributed by atoms with Gasteiger partial charge in [-0.3, -0.25) is 4.79 Å². The third-order valence-corrected chi connectivity index (χ3v) is 5.83. The van der Waals surface area contributed by atoms with E-state index in [4.69, 9.17) is 4.74 Å². The molecule has 2 unspecified atom stereocenters. The summed E-state index contributed by atoms with van der Waals surface area (Å²) in [6.45, 7) is 4.31. The number of aliphatic hydroxyl groups excluding tert-OH is 1. The lowest BCUT2D eigenvalue weighted by molar-refractivity contribution is -0.156. The van der Waals surface area contributed by atoms with E-state index in [2.05, 4.69) is 32.1 Å². The fourth-order valence-electron chi connectivity index (χ4n) is 4.24. The van der Waals surface area contributed by atoms with E-state index in [0.29, 0.717) is 6.42 Å². The van der Waals surface area contributed by atoms with Crippen LogP contribution in [0.3, 0.4) is 0 Å². The van der Waals surface area contributed by atoms with Gasteiger partial charge in [-0.05, 0) is 52.1 Å². The quantitative estimate of drug-likeness (QED) is 0.701. The van der Waals surface area contributed by atoms with Crippen molar-refractivity contribution in [2.75, 3.05) is 0 Å². The van der Waals surface area contributed by atoms with Crippen molar-refractivity contribution >= 4 is 17.1 Å². The molecular formula is C26H25FO3. The number of hydrogen-bond donors (Lipinski definition) is 1. The number of cyclic esters (lactones) is 1. The zero-order valence-corrected chi connectivity index (χ0v) is 17.1. The lowest BCUT2D eigenvalue weighted by Gasteiger charge is -2.28. The molecule has 3 nitrogen and oxygen atoms in total. The molecule has 0 aromatic heterocycles. The van der Waals surface area contributed by atoms with Gasteiger partial charge in [0.1, 0.15) is 11.9 Å². The Morgan fingerprint density at radius 2 is 1.77 bits per heavy atom. The molecule has 0 bridgehead atoms. The highest BCUT2D eigenvalue weighted by Crippen LogP contribution is 2.51. The monoisotopic (exact) mass is 404 g/mol. The number of allylic oxidation sites excluding steroid dienone is 5. The maximum absolute atomic E-state index is 13.5. The van der Waals surface area contributed by atoms with Crippen LogP contribution in [-0.2, 0) is 9.53 Å². The van der Waals surface area contributed by atoms with Gasteiger partial charge in [0.05, 0.1) is 12.5 Å². The summed E-state index contributed by atoms with van der Waals surface area (Å²) in [6.07, 6.45) is 5.29. The highest BCUT2D eigenvalue weighted by Gasteiger charge is 2.35. The summed E-state index contributed by atoms with van der Waals surface area (Å²) in [6, 6.07) is 16.7. The molecule has 1 aliphatic carbocycles. The van der Waals surface area contributed by atoms with Gasteiger partial charge in [-0.1, -0.05) is 62.4 Å². The van der Waals surface area contributed by atoms with Crippen molar-refractivity contribution in [2.45, 2.75) is 38.9 Å². The summed E-state index contributed by atoms with van der Waals surface area (Å²) in [5.74, 6) is -0.658. The molecule has 4 heteroatoms. The normalized spacial score (nSPS) is 23.6. The maximum Gasteiger partial charge on any atom is 0.309 e. The van der Waals surface area contributed by atoms with Crippen LogP contribution in [0.4, 0.5) is 4.39 Å². The Morgan fingerprint density at radius 1 is 1.07 bits per heavy atom. The van der Waals surface area contributed by atoms with E-state index in [1.165, 1.54) is 17.7 Å². The molecule has 1 aliphatic heterocycles. The molecule has 2 aliphatic rings. The van der Waals surface area contributed by atoms with Crippen LogP contribution in [0.15, 0.2) is 78.4 Å². The first kappa shape index (κ1) is 20.3. The molecule has 0 radical (unpaired) electrons. The largest absolute Gasteiger partial charge is 0.458 e. The second-order valence-electron chi connectivity index (χ2n) is 8.36. The number of carbonyl (C=O) groups excluding carboxylic acids is 1. The molecule has 30 heavy (non-hydrogen) atoms. The van der Waals surface area contributed by atoms with Crippen LogP contribution in [0.2, 0.25) is 0 Å². The van der Waals surface area contributed by atoms with E-state index in [1.807, 2.05) is 30.4 Å². The van der Waals surface area contributed by atoms with Gasteiger partial charge in [-0.2, -0.15) is 0 Å². The Kier molecular flexibility index (Phi) is 5.44. The van der Waals surface area contributed by atoms with E-state index >= 15 is 0 Å². The fourth-order valence-corrected chi connectivity index (χ4v) is 4.24. The zero-order valence-electron chi connectivity index (χ0n) is 17.1. The molecule has 1 fully saturated rings. The zero-order chi connectivity index (χ0) is 21.3. The Labute approximate surface area is 176 Å². The smallest absolute Gasteiger partial charge is 0.309 e. The summed E-state index contributed by atoms with van der Waals surface area (Å²) >= 11 is 0. The van der Waals surface area contributed by atoms with Crippen molar-refractivity contribution < 1.29 is 19.0 Å². The Hall–Kier alpha value is -2.98. The summed E-state index contributed by atoms with van der Waals surface area (Å²) in [5.41, 5.74) is 4.99. The molecule has 0 amide bonds. The SMILES string of the molecule is CC1(C)C(c2ccccc2)=CC(c2ccc(F)cc2)=C1C=CC1CC(O)CC(=O)O1. The van der Waals surface area contributed by atoms with Crippen molar-refractivity contribution in [1.82, 2.24) is 0 Å². The van der Waals surface area contributed by atoms with Crippen molar-refractivity contribution in [3.63, 3.8) is 0 Å². The van der Waals surface area contributed by atoms with Gasteiger partial charge in [-0.15, -0.1) is 0 Å². The average molecular weight is 404 g/mol. The van der Waals surface area contributed by atoms with E-state index in [9.17, 15) is 14.3 Å². The molecule has 1 saturated heterocycles. The van der Waals surface area contributed by atoms with E-state index in [-0.39, 0.29) is 23.6 Å². The number of esters is 1. The number of halogens is 1. The second-order valence-corrected chi connectivity index (χ2v) is 8.36. The third-order valence-electron chi connectivity index (χ3n) is 5.83. The lowest BCUT2D eigenvalue weighted by atomic mass is 9.77. The number of hydrogen-bond acceptors (Lipinski definition) is 3. The van der Waals surface area contributed by atoms with Crippen molar-refractivity contribution in [3.05, 3.63) is 95.3 Å². The highest BCUT2D eigenvalue weighted by molar-refractivity contribution is 5.96. The average Bonchev–Trinajstić information content (AvgIpc) is 2.97. The Balaban J connectivity index is 1.76. The van der Waals surface area contributed by atoms with Gasteiger partial charge < -0.3 is 9.84 Å².